The maximum absolute atomic E-state index is 12.2. The second kappa shape index (κ2) is 6.41. The molecule has 3 rings (SSSR count). The van der Waals surface area contributed by atoms with Gasteiger partial charge in [-0.05, 0) is 42.9 Å². The summed E-state index contributed by atoms with van der Waals surface area (Å²) in [4.78, 5) is 14.4. The van der Waals surface area contributed by atoms with E-state index < -0.39 is 0 Å². The fourth-order valence-electron chi connectivity index (χ4n) is 2.73. The molecule has 3 nitrogen and oxygen atoms in total. The van der Waals surface area contributed by atoms with E-state index >= 15 is 0 Å². The number of nitriles is 1. The summed E-state index contributed by atoms with van der Waals surface area (Å²) in [5, 5.41) is 13.0. The van der Waals surface area contributed by atoms with Gasteiger partial charge >= 0.3 is 0 Å². The van der Waals surface area contributed by atoms with Gasteiger partial charge in [-0.1, -0.05) is 18.5 Å². The van der Waals surface area contributed by atoms with Crippen LogP contribution >= 0.6 is 34.3 Å². The first-order chi connectivity index (χ1) is 10.6. The Morgan fingerprint density at radius 3 is 3.00 bits per heavy atom. The zero-order valence-corrected chi connectivity index (χ0v) is 14.5. The molecule has 1 unspecified atom stereocenters. The molecule has 1 aliphatic carbocycles. The highest BCUT2D eigenvalue weighted by Gasteiger charge is 2.24. The highest BCUT2D eigenvalue weighted by atomic mass is 35.5. The summed E-state index contributed by atoms with van der Waals surface area (Å²) in [7, 11) is 0. The third-order valence-corrected chi connectivity index (χ3v) is 6.24. The zero-order chi connectivity index (χ0) is 15.7. The van der Waals surface area contributed by atoms with E-state index in [1.807, 2.05) is 6.07 Å². The van der Waals surface area contributed by atoms with Gasteiger partial charge in [-0.3, -0.25) is 4.79 Å². The Balaban J connectivity index is 1.77. The third kappa shape index (κ3) is 3.19. The van der Waals surface area contributed by atoms with Gasteiger partial charge in [-0.15, -0.1) is 22.7 Å². The predicted molar refractivity (Wildman–Crippen MR) is 91.9 cm³/mol. The Morgan fingerprint density at radius 1 is 1.50 bits per heavy atom. The van der Waals surface area contributed by atoms with Crippen LogP contribution in [-0.2, 0) is 24.1 Å². The van der Waals surface area contributed by atoms with Gasteiger partial charge in [0.25, 0.3) is 0 Å². The molecule has 0 bridgehead atoms. The molecule has 1 aliphatic rings. The van der Waals surface area contributed by atoms with Crippen molar-refractivity contribution in [3.8, 4) is 6.07 Å². The number of thiophene rings is 2. The molecule has 114 valence electrons. The van der Waals surface area contributed by atoms with Crippen LogP contribution in [0.15, 0.2) is 12.1 Å². The number of anilines is 1. The minimum absolute atomic E-state index is 0.0957. The van der Waals surface area contributed by atoms with Crippen molar-refractivity contribution in [1.82, 2.24) is 0 Å². The van der Waals surface area contributed by atoms with Gasteiger partial charge in [0.1, 0.15) is 11.1 Å². The second-order valence-corrected chi connectivity index (χ2v) is 8.50. The van der Waals surface area contributed by atoms with Crippen LogP contribution in [0.25, 0.3) is 0 Å². The van der Waals surface area contributed by atoms with Gasteiger partial charge in [-0.25, -0.2) is 0 Å². The molecule has 0 fully saturated rings. The average molecular weight is 351 g/mol. The van der Waals surface area contributed by atoms with E-state index in [0.717, 1.165) is 29.7 Å². The zero-order valence-electron chi connectivity index (χ0n) is 12.1. The van der Waals surface area contributed by atoms with Gasteiger partial charge < -0.3 is 5.32 Å². The molecule has 22 heavy (non-hydrogen) atoms. The summed E-state index contributed by atoms with van der Waals surface area (Å²) in [6.45, 7) is 2.23. The average Bonchev–Trinajstić information content (AvgIpc) is 3.01. The van der Waals surface area contributed by atoms with Crippen molar-refractivity contribution in [2.45, 2.75) is 32.6 Å². The minimum atomic E-state index is -0.0957. The van der Waals surface area contributed by atoms with Gasteiger partial charge in [-0.2, -0.15) is 5.26 Å². The van der Waals surface area contributed by atoms with Crippen molar-refractivity contribution in [2.75, 3.05) is 5.32 Å². The number of rotatable bonds is 3. The summed E-state index contributed by atoms with van der Waals surface area (Å²) in [5.41, 5.74) is 1.80. The highest BCUT2D eigenvalue weighted by molar-refractivity contribution is 7.17. The maximum atomic E-state index is 12.2. The Kier molecular flexibility index (Phi) is 4.53. The molecule has 0 saturated carbocycles. The predicted octanol–water partition coefficient (Wildman–Crippen LogP) is 4.64. The standard InChI is InChI=1S/C16H15ClN2OS2/c1-9-2-4-11-12(8-18)16(22-13(11)6-9)19-15(20)7-10-3-5-14(17)21-10/h3,5,9H,2,4,6-7H2,1H3,(H,19,20). The summed E-state index contributed by atoms with van der Waals surface area (Å²) in [5.74, 6) is 0.552. The number of fused-ring (bicyclic) bond motifs is 1. The van der Waals surface area contributed by atoms with E-state index in [-0.39, 0.29) is 5.91 Å². The lowest BCUT2D eigenvalue weighted by atomic mass is 9.89. The molecular weight excluding hydrogens is 336 g/mol. The van der Waals surface area contributed by atoms with Crippen molar-refractivity contribution in [1.29, 1.82) is 5.26 Å². The molecular formula is C16H15ClN2OS2. The third-order valence-electron chi connectivity index (χ3n) is 3.84. The van der Waals surface area contributed by atoms with Crippen LogP contribution in [0.2, 0.25) is 4.34 Å². The van der Waals surface area contributed by atoms with Crippen LogP contribution in [0.4, 0.5) is 5.00 Å². The summed E-state index contributed by atoms with van der Waals surface area (Å²) in [6.07, 6.45) is 3.35. The van der Waals surface area contributed by atoms with Crippen molar-refractivity contribution >= 4 is 45.2 Å². The molecule has 2 heterocycles. The van der Waals surface area contributed by atoms with Crippen LogP contribution in [0, 0.1) is 17.2 Å². The topological polar surface area (TPSA) is 52.9 Å². The number of hydrogen-bond acceptors (Lipinski definition) is 4. The first-order valence-electron chi connectivity index (χ1n) is 7.15. The van der Waals surface area contributed by atoms with Crippen molar-refractivity contribution in [3.63, 3.8) is 0 Å². The molecule has 0 saturated heterocycles. The smallest absolute Gasteiger partial charge is 0.230 e. The summed E-state index contributed by atoms with van der Waals surface area (Å²) in [6, 6.07) is 5.92. The van der Waals surface area contributed by atoms with Gasteiger partial charge in [0.2, 0.25) is 5.91 Å². The quantitative estimate of drug-likeness (QED) is 0.876. The van der Waals surface area contributed by atoms with E-state index in [1.165, 1.54) is 16.2 Å². The van der Waals surface area contributed by atoms with Gasteiger partial charge in [0, 0.05) is 9.75 Å². The summed E-state index contributed by atoms with van der Waals surface area (Å²) >= 11 is 8.84. The second-order valence-electron chi connectivity index (χ2n) is 5.60. The number of carbonyl (C=O) groups excluding carboxylic acids is 1. The molecule has 0 spiro atoms. The normalized spacial score (nSPS) is 16.9. The molecule has 1 amide bonds. The summed E-state index contributed by atoms with van der Waals surface area (Å²) < 4.78 is 0.682. The fraction of sp³-hybridized carbons (Fsp3) is 0.375. The lowest BCUT2D eigenvalue weighted by Gasteiger charge is -2.17. The number of carbonyl (C=O) groups is 1. The van der Waals surface area contributed by atoms with Gasteiger partial charge in [0.05, 0.1) is 16.3 Å². The monoisotopic (exact) mass is 350 g/mol. The largest absolute Gasteiger partial charge is 0.316 e. The molecule has 2 aromatic rings. The number of amides is 1. The van der Waals surface area contributed by atoms with E-state index in [9.17, 15) is 10.1 Å². The SMILES string of the molecule is CC1CCc2c(sc(NC(=O)Cc3ccc(Cl)s3)c2C#N)C1. The lowest BCUT2D eigenvalue weighted by molar-refractivity contribution is -0.115. The van der Waals surface area contributed by atoms with E-state index in [1.54, 1.807) is 17.4 Å². The molecule has 0 aliphatic heterocycles. The molecule has 1 N–H and O–H groups in total. The Morgan fingerprint density at radius 2 is 2.32 bits per heavy atom. The first-order valence-corrected chi connectivity index (χ1v) is 9.16. The van der Waals surface area contributed by atoms with Crippen molar-refractivity contribution in [3.05, 3.63) is 37.4 Å². The fourth-order valence-corrected chi connectivity index (χ4v) is 5.20. The van der Waals surface area contributed by atoms with E-state index in [4.69, 9.17) is 11.6 Å². The maximum Gasteiger partial charge on any atom is 0.230 e. The first kappa shape index (κ1) is 15.5. The molecule has 0 radical (unpaired) electrons. The van der Waals surface area contributed by atoms with Crippen LogP contribution in [0.5, 0.6) is 0 Å². The van der Waals surface area contributed by atoms with Crippen LogP contribution in [0.3, 0.4) is 0 Å². The Hall–Kier alpha value is -1.35. The van der Waals surface area contributed by atoms with Crippen LogP contribution < -0.4 is 5.32 Å². The number of hydrogen-bond donors (Lipinski definition) is 1. The minimum Gasteiger partial charge on any atom is -0.316 e. The molecule has 6 heteroatoms. The van der Waals surface area contributed by atoms with Crippen LogP contribution in [-0.4, -0.2) is 5.91 Å². The Labute approximate surface area is 142 Å². The number of nitrogens with zero attached hydrogens (tertiary/aromatic N) is 1. The number of nitrogens with one attached hydrogen (secondary N) is 1. The van der Waals surface area contributed by atoms with Crippen molar-refractivity contribution in [2.24, 2.45) is 5.92 Å². The van der Waals surface area contributed by atoms with Crippen LogP contribution in [0.1, 0.15) is 34.2 Å². The number of halogens is 1. The molecule has 0 aromatic carbocycles. The van der Waals surface area contributed by atoms with E-state index in [0.29, 0.717) is 27.2 Å². The molecule has 1 atom stereocenters. The molecule has 2 aromatic heterocycles. The highest BCUT2D eigenvalue weighted by Crippen LogP contribution is 2.39. The van der Waals surface area contributed by atoms with Crippen molar-refractivity contribution < 1.29 is 4.79 Å². The Bertz CT molecular complexity index is 757. The van der Waals surface area contributed by atoms with E-state index in [2.05, 4.69) is 18.3 Å². The lowest BCUT2D eigenvalue weighted by Crippen LogP contribution is -2.13. The van der Waals surface area contributed by atoms with Gasteiger partial charge in [0.15, 0.2) is 0 Å².